The van der Waals surface area contributed by atoms with E-state index in [1.165, 1.54) is 32.1 Å². The van der Waals surface area contributed by atoms with Gasteiger partial charge in [0.1, 0.15) is 0 Å². The maximum Gasteiger partial charge on any atom is 0.231 e. The van der Waals surface area contributed by atoms with E-state index in [1.807, 2.05) is 0 Å². The van der Waals surface area contributed by atoms with Crippen molar-refractivity contribution in [3.05, 3.63) is 18.1 Å². The zero-order chi connectivity index (χ0) is 10.9. The Morgan fingerprint density at radius 2 is 1.87 bits per heavy atom. The topological polar surface area (TPSA) is 35.0 Å². The predicted octanol–water partition coefficient (Wildman–Crippen LogP) is 3.00. The fourth-order valence-electron chi connectivity index (χ4n) is 1.49. The van der Waals surface area contributed by atoms with Crippen LogP contribution in [-0.2, 0) is 6.42 Å². The first kappa shape index (κ1) is 12.0. The Morgan fingerprint density at radius 3 is 2.47 bits per heavy atom. The molecule has 84 valence electrons. The third-order valence-electron chi connectivity index (χ3n) is 2.43. The van der Waals surface area contributed by atoms with Gasteiger partial charge in [0.15, 0.2) is 0 Å². The molecule has 0 unspecified atom stereocenters. The molecule has 1 rings (SSSR count). The van der Waals surface area contributed by atoms with Crippen LogP contribution in [0.15, 0.2) is 12.4 Å². The van der Waals surface area contributed by atoms with Crippen LogP contribution in [0.25, 0.3) is 0 Å². The Bertz CT molecular complexity index is 259. The van der Waals surface area contributed by atoms with Crippen molar-refractivity contribution >= 4 is 0 Å². The molecule has 0 fully saturated rings. The van der Waals surface area contributed by atoms with Crippen molar-refractivity contribution in [1.29, 1.82) is 0 Å². The van der Waals surface area contributed by atoms with Crippen molar-refractivity contribution in [3.63, 3.8) is 0 Å². The van der Waals surface area contributed by atoms with Crippen LogP contribution < -0.4 is 4.74 Å². The molecule has 0 radical (unpaired) electrons. The van der Waals surface area contributed by atoms with Crippen molar-refractivity contribution in [2.24, 2.45) is 0 Å². The SMILES string of the molecule is CCCCCCCc1cnc(OC)cn1. The summed E-state index contributed by atoms with van der Waals surface area (Å²) >= 11 is 0. The minimum Gasteiger partial charge on any atom is -0.480 e. The highest BCUT2D eigenvalue weighted by Gasteiger charge is 1.97. The zero-order valence-corrected chi connectivity index (χ0v) is 9.70. The number of hydrogen-bond acceptors (Lipinski definition) is 3. The molecule has 0 aromatic carbocycles. The summed E-state index contributed by atoms with van der Waals surface area (Å²) in [5, 5.41) is 0. The summed E-state index contributed by atoms with van der Waals surface area (Å²) in [6.45, 7) is 2.23. The molecule has 3 nitrogen and oxygen atoms in total. The van der Waals surface area contributed by atoms with E-state index >= 15 is 0 Å². The molecule has 3 heteroatoms. The van der Waals surface area contributed by atoms with Crippen LogP contribution in [0.2, 0.25) is 0 Å². The van der Waals surface area contributed by atoms with Crippen molar-refractivity contribution in [3.8, 4) is 5.88 Å². The Kier molecular flexibility index (Phi) is 5.74. The van der Waals surface area contributed by atoms with Gasteiger partial charge in [-0.05, 0) is 12.8 Å². The zero-order valence-electron chi connectivity index (χ0n) is 9.70. The number of nitrogens with zero attached hydrogens (tertiary/aromatic N) is 2. The molecule has 0 bridgehead atoms. The third-order valence-corrected chi connectivity index (χ3v) is 2.43. The Morgan fingerprint density at radius 1 is 1.07 bits per heavy atom. The van der Waals surface area contributed by atoms with Gasteiger partial charge in [-0.25, -0.2) is 4.98 Å². The average molecular weight is 208 g/mol. The number of hydrogen-bond donors (Lipinski definition) is 0. The van der Waals surface area contributed by atoms with Gasteiger partial charge in [-0.15, -0.1) is 0 Å². The van der Waals surface area contributed by atoms with Gasteiger partial charge in [0.2, 0.25) is 5.88 Å². The van der Waals surface area contributed by atoms with Crippen LogP contribution in [0.1, 0.15) is 44.7 Å². The average Bonchev–Trinajstić information content (AvgIpc) is 2.30. The fourth-order valence-corrected chi connectivity index (χ4v) is 1.49. The minimum absolute atomic E-state index is 0.588. The molecule has 0 saturated heterocycles. The molecule has 0 aliphatic rings. The maximum absolute atomic E-state index is 4.95. The molecule has 0 aliphatic heterocycles. The number of ether oxygens (including phenoxy) is 1. The summed E-state index contributed by atoms with van der Waals surface area (Å²) < 4.78 is 4.95. The number of rotatable bonds is 7. The molecular weight excluding hydrogens is 188 g/mol. The van der Waals surface area contributed by atoms with Crippen LogP contribution in [0.4, 0.5) is 0 Å². The largest absolute Gasteiger partial charge is 0.480 e. The van der Waals surface area contributed by atoms with Gasteiger partial charge < -0.3 is 4.74 Å². The molecule has 1 heterocycles. The van der Waals surface area contributed by atoms with E-state index in [1.54, 1.807) is 19.5 Å². The smallest absolute Gasteiger partial charge is 0.231 e. The lowest BCUT2D eigenvalue weighted by molar-refractivity contribution is 0.395. The predicted molar refractivity (Wildman–Crippen MR) is 61.0 cm³/mol. The monoisotopic (exact) mass is 208 g/mol. The van der Waals surface area contributed by atoms with Crippen molar-refractivity contribution in [2.45, 2.75) is 45.4 Å². The van der Waals surface area contributed by atoms with E-state index in [4.69, 9.17) is 4.74 Å². The molecule has 0 amide bonds. The van der Waals surface area contributed by atoms with Gasteiger partial charge in [0, 0.05) is 0 Å². The second-order valence-electron chi connectivity index (χ2n) is 3.71. The maximum atomic E-state index is 4.95. The van der Waals surface area contributed by atoms with E-state index in [-0.39, 0.29) is 0 Å². The van der Waals surface area contributed by atoms with Crippen LogP contribution >= 0.6 is 0 Å². The third kappa shape index (κ3) is 4.77. The Balaban J connectivity index is 2.20. The van der Waals surface area contributed by atoms with E-state index in [0.717, 1.165) is 12.1 Å². The summed E-state index contributed by atoms with van der Waals surface area (Å²) in [5.41, 5.74) is 1.06. The molecule has 0 saturated carbocycles. The standard InChI is InChI=1S/C12H20N2O/c1-3-4-5-6-7-8-11-9-14-12(15-2)10-13-11/h9-10H,3-8H2,1-2H3. The van der Waals surface area contributed by atoms with Crippen molar-refractivity contribution < 1.29 is 4.74 Å². The normalized spacial score (nSPS) is 10.3. The molecule has 0 atom stereocenters. The summed E-state index contributed by atoms with van der Waals surface area (Å²) in [5.74, 6) is 0.588. The number of methoxy groups -OCH3 is 1. The highest BCUT2D eigenvalue weighted by molar-refractivity contribution is 5.06. The van der Waals surface area contributed by atoms with Gasteiger partial charge in [-0.3, -0.25) is 4.98 Å². The number of aryl methyl sites for hydroxylation is 1. The Hall–Kier alpha value is -1.12. The lowest BCUT2D eigenvalue weighted by atomic mass is 10.1. The van der Waals surface area contributed by atoms with E-state index in [2.05, 4.69) is 16.9 Å². The van der Waals surface area contributed by atoms with Gasteiger partial charge >= 0.3 is 0 Å². The number of aromatic nitrogens is 2. The highest BCUT2D eigenvalue weighted by Crippen LogP contribution is 2.08. The molecule has 0 spiro atoms. The fraction of sp³-hybridized carbons (Fsp3) is 0.667. The molecular formula is C12H20N2O. The minimum atomic E-state index is 0.588. The van der Waals surface area contributed by atoms with Crippen molar-refractivity contribution in [1.82, 2.24) is 9.97 Å². The van der Waals surface area contributed by atoms with E-state index < -0.39 is 0 Å². The van der Waals surface area contributed by atoms with Crippen LogP contribution in [0.5, 0.6) is 5.88 Å². The Labute approximate surface area is 91.9 Å². The van der Waals surface area contributed by atoms with E-state index in [0.29, 0.717) is 5.88 Å². The first-order valence-corrected chi connectivity index (χ1v) is 5.71. The summed E-state index contributed by atoms with van der Waals surface area (Å²) in [6.07, 6.45) is 11.0. The second-order valence-corrected chi connectivity index (χ2v) is 3.71. The lowest BCUT2D eigenvalue weighted by Crippen LogP contribution is -1.94. The highest BCUT2D eigenvalue weighted by atomic mass is 16.5. The molecule has 1 aromatic rings. The molecule has 15 heavy (non-hydrogen) atoms. The molecule has 0 aliphatic carbocycles. The first-order chi connectivity index (χ1) is 7.36. The van der Waals surface area contributed by atoms with Gasteiger partial charge in [0.05, 0.1) is 25.2 Å². The van der Waals surface area contributed by atoms with Crippen molar-refractivity contribution in [2.75, 3.05) is 7.11 Å². The van der Waals surface area contributed by atoms with Gasteiger partial charge in [-0.2, -0.15) is 0 Å². The summed E-state index contributed by atoms with van der Waals surface area (Å²) in [7, 11) is 1.61. The van der Waals surface area contributed by atoms with Crippen LogP contribution in [-0.4, -0.2) is 17.1 Å². The molecule has 1 aromatic heterocycles. The summed E-state index contributed by atoms with van der Waals surface area (Å²) in [4.78, 5) is 8.41. The summed E-state index contributed by atoms with van der Waals surface area (Å²) in [6, 6.07) is 0. The van der Waals surface area contributed by atoms with Gasteiger partial charge in [0.25, 0.3) is 0 Å². The van der Waals surface area contributed by atoms with Gasteiger partial charge in [-0.1, -0.05) is 32.6 Å². The quantitative estimate of drug-likeness (QED) is 0.646. The molecule has 0 N–H and O–H groups in total. The van der Waals surface area contributed by atoms with Crippen LogP contribution in [0, 0.1) is 0 Å². The second kappa shape index (κ2) is 7.21. The number of unbranched alkanes of at least 4 members (excludes halogenated alkanes) is 4. The lowest BCUT2D eigenvalue weighted by Gasteiger charge is -2.01. The van der Waals surface area contributed by atoms with E-state index in [9.17, 15) is 0 Å². The first-order valence-electron chi connectivity index (χ1n) is 5.71. The van der Waals surface area contributed by atoms with Crippen LogP contribution in [0.3, 0.4) is 0 Å².